The molecule has 3 aromatic rings. The molecule has 0 aliphatic heterocycles. The molecule has 0 saturated carbocycles. The van der Waals surface area contributed by atoms with Gasteiger partial charge in [0, 0.05) is 24.6 Å². The lowest BCUT2D eigenvalue weighted by Crippen LogP contribution is -2.33. The number of carbonyl (C=O) groups excluding carboxylic acids is 1. The first-order chi connectivity index (χ1) is 15.1. The molecule has 168 valence electrons. The summed E-state index contributed by atoms with van der Waals surface area (Å²) >= 11 is 0. The highest BCUT2D eigenvalue weighted by Crippen LogP contribution is 2.29. The van der Waals surface area contributed by atoms with Crippen molar-refractivity contribution in [2.45, 2.75) is 4.90 Å². The second kappa shape index (κ2) is 8.98. The number of carbonyl (C=O) groups is 1. The van der Waals surface area contributed by atoms with Crippen LogP contribution in [0.5, 0.6) is 11.5 Å². The van der Waals surface area contributed by atoms with Crippen LogP contribution < -0.4 is 30.8 Å². The number of amides is 1. The lowest BCUT2D eigenvalue weighted by atomic mass is 10.2. The molecule has 1 heterocycles. The number of rotatable bonds is 7. The normalized spacial score (nSPS) is 11.0. The fourth-order valence-electron chi connectivity index (χ4n) is 2.76. The third-order valence-electron chi connectivity index (χ3n) is 4.41. The van der Waals surface area contributed by atoms with Crippen LogP contribution >= 0.6 is 0 Å². The highest BCUT2D eigenvalue weighted by Gasteiger charge is 2.22. The average Bonchev–Trinajstić information content (AvgIpc) is 2.76. The number of nitrogens with zero attached hydrogens (tertiary/aromatic N) is 1. The number of ether oxygens (including phenoxy) is 2. The zero-order valence-corrected chi connectivity index (χ0v) is 18.1. The summed E-state index contributed by atoms with van der Waals surface area (Å²) in [6, 6.07) is 10.2. The molecular weight excluding hydrogens is 440 g/mol. The molecule has 0 spiro atoms. The number of aromatic amines is 1. The zero-order chi connectivity index (χ0) is 23.5. The maximum atomic E-state index is 13.0. The van der Waals surface area contributed by atoms with Gasteiger partial charge < -0.3 is 19.4 Å². The number of hydrogen-bond donors (Lipinski definition) is 3. The first kappa shape index (κ1) is 22.6. The average molecular weight is 460 g/mol. The molecule has 0 bridgehead atoms. The summed E-state index contributed by atoms with van der Waals surface area (Å²) in [6.07, 6.45) is 1.09. The standard InChI is InChI=1S/C20H20N4O7S/c1-24-11-15(19(26)22-20(24)27)18(25)21-13-6-9-16(31-3)17(10-13)32(28,29)23-12-4-7-14(30-2)8-5-12/h4-11,23H,1-3H3,(H,21,25)(H,22,26,27). The SMILES string of the molecule is COc1ccc(NS(=O)(=O)c2cc(NC(=O)c3cn(C)c(=O)[nH]c3=O)ccc2OC)cc1. The Morgan fingerprint density at radius 1 is 1.00 bits per heavy atom. The molecular formula is C20H20N4O7S. The highest BCUT2D eigenvalue weighted by molar-refractivity contribution is 7.92. The number of aryl methyl sites for hydroxylation is 1. The fourth-order valence-corrected chi connectivity index (χ4v) is 4.01. The molecule has 0 fully saturated rings. The van der Waals surface area contributed by atoms with Crippen molar-refractivity contribution in [1.29, 1.82) is 0 Å². The first-order valence-corrected chi connectivity index (χ1v) is 10.6. The predicted molar refractivity (Wildman–Crippen MR) is 117 cm³/mol. The molecule has 0 atom stereocenters. The van der Waals surface area contributed by atoms with Crippen LogP contribution in [0.15, 0.2) is 63.1 Å². The van der Waals surface area contributed by atoms with Gasteiger partial charge in [0.15, 0.2) is 0 Å². The van der Waals surface area contributed by atoms with Crippen LogP contribution in [0.2, 0.25) is 0 Å². The van der Waals surface area contributed by atoms with Gasteiger partial charge in [0.1, 0.15) is 22.0 Å². The van der Waals surface area contributed by atoms with E-state index in [1.54, 1.807) is 12.1 Å². The van der Waals surface area contributed by atoms with Gasteiger partial charge in [-0.3, -0.25) is 19.3 Å². The molecule has 12 heteroatoms. The van der Waals surface area contributed by atoms with Gasteiger partial charge in [-0.15, -0.1) is 0 Å². The van der Waals surface area contributed by atoms with Crippen LogP contribution in [0.25, 0.3) is 0 Å². The summed E-state index contributed by atoms with van der Waals surface area (Å²) in [5.41, 5.74) is -1.47. The maximum Gasteiger partial charge on any atom is 0.328 e. The van der Waals surface area contributed by atoms with Gasteiger partial charge in [-0.1, -0.05) is 0 Å². The van der Waals surface area contributed by atoms with Crippen LogP contribution in [0.4, 0.5) is 11.4 Å². The van der Waals surface area contributed by atoms with E-state index in [1.165, 1.54) is 51.6 Å². The molecule has 32 heavy (non-hydrogen) atoms. The third-order valence-corrected chi connectivity index (χ3v) is 5.81. The topological polar surface area (TPSA) is 149 Å². The van der Waals surface area contributed by atoms with Gasteiger partial charge >= 0.3 is 5.69 Å². The summed E-state index contributed by atoms with van der Waals surface area (Å²) in [5.74, 6) is -0.217. The van der Waals surface area contributed by atoms with Crippen molar-refractivity contribution >= 4 is 27.3 Å². The van der Waals surface area contributed by atoms with Crippen molar-refractivity contribution in [2.75, 3.05) is 24.3 Å². The van der Waals surface area contributed by atoms with Crippen molar-refractivity contribution in [3.05, 3.63) is 75.1 Å². The van der Waals surface area contributed by atoms with Crippen molar-refractivity contribution in [1.82, 2.24) is 9.55 Å². The van der Waals surface area contributed by atoms with Gasteiger partial charge in [0.25, 0.3) is 21.5 Å². The molecule has 3 N–H and O–H groups in total. The molecule has 0 unspecified atom stereocenters. The minimum absolute atomic E-state index is 0.0453. The molecule has 0 radical (unpaired) electrons. The quantitative estimate of drug-likeness (QED) is 0.479. The maximum absolute atomic E-state index is 13.0. The largest absolute Gasteiger partial charge is 0.497 e. The van der Waals surface area contributed by atoms with Crippen molar-refractivity contribution in [3.8, 4) is 11.5 Å². The molecule has 0 aliphatic carbocycles. The van der Waals surface area contributed by atoms with Crippen molar-refractivity contribution in [2.24, 2.45) is 7.05 Å². The van der Waals surface area contributed by atoms with Gasteiger partial charge in [-0.2, -0.15) is 0 Å². The number of H-pyrrole nitrogens is 1. The van der Waals surface area contributed by atoms with E-state index in [0.29, 0.717) is 11.4 Å². The van der Waals surface area contributed by atoms with E-state index in [2.05, 4.69) is 10.0 Å². The highest BCUT2D eigenvalue weighted by atomic mass is 32.2. The van der Waals surface area contributed by atoms with E-state index >= 15 is 0 Å². The minimum Gasteiger partial charge on any atom is -0.497 e. The molecule has 0 aliphatic rings. The predicted octanol–water partition coefficient (Wildman–Crippen LogP) is 1.14. The number of aromatic nitrogens is 2. The van der Waals surface area contributed by atoms with Crippen LogP contribution in [0.1, 0.15) is 10.4 Å². The van der Waals surface area contributed by atoms with E-state index in [0.717, 1.165) is 10.8 Å². The summed E-state index contributed by atoms with van der Waals surface area (Å²) in [7, 11) is 0.0757. The Hall–Kier alpha value is -4.06. The number of sulfonamides is 1. The number of hydrogen-bond acceptors (Lipinski definition) is 7. The van der Waals surface area contributed by atoms with E-state index in [9.17, 15) is 22.8 Å². The van der Waals surface area contributed by atoms with Crippen LogP contribution in [0.3, 0.4) is 0 Å². The Labute approximate surface area is 182 Å². The lowest BCUT2D eigenvalue weighted by Gasteiger charge is -2.14. The van der Waals surface area contributed by atoms with Gasteiger partial charge in [-0.25, -0.2) is 13.2 Å². The van der Waals surface area contributed by atoms with Crippen molar-refractivity contribution < 1.29 is 22.7 Å². The first-order valence-electron chi connectivity index (χ1n) is 9.11. The molecule has 0 saturated heterocycles. The van der Waals surface area contributed by atoms with Gasteiger partial charge in [0.05, 0.1) is 14.2 Å². The van der Waals surface area contributed by atoms with E-state index in [4.69, 9.17) is 9.47 Å². The Morgan fingerprint density at radius 2 is 1.66 bits per heavy atom. The Balaban J connectivity index is 1.92. The third kappa shape index (κ3) is 4.81. The Bertz CT molecular complexity index is 1380. The molecule has 1 aromatic heterocycles. The van der Waals surface area contributed by atoms with E-state index < -0.39 is 27.2 Å². The summed E-state index contributed by atoms with van der Waals surface area (Å²) in [4.78, 5) is 37.7. The molecule has 1 amide bonds. The second-order valence-corrected chi connectivity index (χ2v) is 8.22. The second-order valence-electron chi connectivity index (χ2n) is 6.57. The summed E-state index contributed by atoms with van der Waals surface area (Å²) in [6.45, 7) is 0. The van der Waals surface area contributed by atoms with Gasteiger partial charge in [-0.05, 0) is 42.5 Å². The van der Waals surface area contributed by atoms with Crippen molar-refractivity contribution in [3.63, 3.8) is 0 Å². The fraction of sp³-hybridized carbons (Fsp3) is 0.150. The van der Waals surface area contributed by atoms with Crippen LogP contribution in [-0.2, 0) is 17.1 Å². The van der Waals surface area contributed by atoms with Gasteiger partial charge in [0.2, 0.25) is 0 Å². The number of nitrogens with one attached hydrogen (secondary N) is 3. The van der Waals surface area contributed by atoms with Crippen LogP contribution in [-0.4, -0.2) is 38.1 Å². The molecule has 11 nitrogen and oxygen atoms in total. The minimum atomic E-state index is -4.10. The summed E-state index contributed by atoms with van der Waals surface area (Å²) in [5, 5.41) is 2.45. The monoisotopic (exact) mass is 460 g/mol. The van der Waals surface area contributed by atoms with E-state index in [1.807, 2.05) is 4.98 Å². The Morgan fingerprint density at radius 3 is 2.28 bits per heavy atom. The molecule has 3 rings (SSSR count). The lowest BCUT2D eigenvalue weighted by molar-refractivity contribution is 0.102. The summed E-state index contributed by atoms with van der Waals surface area (Å²) < 4.78 is 39.6. The zero-order valence-electron chi connectivity index (χ0n) is 17.3. The number of benzene rings is 2. The number of methoxy groups -OCH3 is 2. The molecule has 2 aromatic carbocycles. The van der Waals surface area contributed by atoms with Crippen LogP contribution in [0, 0.1) is 0 Å². The Kier molecular flexibility index (Phi) is 6.35. The smallest absolute Gasteiger partial charge is 0.328 e. The number of anilines is 2. The van der Waals surface area contributed by atoms with E-state index in [-0.39, 0.29) is 21.9 Å².